The Labute approximate surface area is 128 Å². The highest BCUT2D eigenvalue weighted by Gasteiger charge is 2.18. The molecule has 0 bridgehead atoms. The van der Waals surface area contributed by atoms with Crippen molar-refractivity contribution in [3.8, 4) is 0 Å². The van der Waals surface area contributed by atoms with Crippen LogP contribution in [0.1, 0.15) is 5.56 Å². The van der Waals surface area contributed by atoms with E-state index in [1.165, 1.54) is 0 Å². The van der Waals surface area contributed by atoms with Crippen molar-refractivity contribution in [2.45, 2.75) is 16.7 Å². The monoisotopic (exact) mass is 327 g/mol. The van der Waals surface area contributed by atoms with Crippen LogP contribution in [0.25, 0.3) is 0 Å². The van der Waals surface area contributed by atoms with Crippen molar-refractivity contribution in [3.63, 3.8) is 0 Å². The molecule has 0 fully saturated rings. The maximum atomic E-state index is 12.4. The fourth-order valence-corrected chi connectivity index (χ4v) is 3.71. The molecule has 0 unspecified atom stereocenters. The van der Waals surface area contributed by atoms with Crippen LogP contribution in [0.4, 0.5) is 5.69 Å². The summed E-state index contributed by atoms with van der Waals surface area (Å²) >= 11 is 7.57. The van der Waals surface area contributed by atoms with Crippen LogP contribution in [-0.2, 0) is 10.0 Å². The van der Waals surface area contributed by atoms with Gasteiger partial charge < -0.3 is 0 Å². The second-order valence-corrected chi connectivity index (χ2v) is 7.13. The first-order valence-corrected chi connectivity index (χ1v) is 8.94. The van der Waals surface area contributed by atoms with Gasteiger partial charge in [-0.3, -0.25) is 4.72 Å². The Bertz CT molecular complexity index is 712. The smallest absolute Gasteiger partial charge is 0.262 e. The molecular weight excluding hydrogens is 314 g/mol. The van der Waals surface area contributed by atoms with Gasteiger partial charge in [0.2, 0.25) is 0 Å². The van der Waals surface area contributed by atoms with Gasteiger partial charge in [0.15, 0.2) is 0 Å². The van der Waals surface area contributed by atoms with E-state index in [1.807, 2.05) is 18.4 Å². The van der Waals surface area contributed by atoms with Gasteiger partial charge in [0.25, 0.3) is 10.0 Å². The third-order valence-electron chi connectivity index (χ3n) is 2.85. The summed E-state index contributed by atoms with van der Waals surface area (Å²) in [6.45, 7) is 1.69. The fourth-order valence-electron chi connectivity index (χ4n) is 1.75. The topological polar surface area (TPSA) is 46.2 Å². The van der Waals surface area contributed by atoms with Crippen LogP contribution < -0.4 is 4.72 Å². The molecule has 2 aromatic carbocycles. The normalized spacial score (nSPS) is 11.3. The lowest BCUT2D eigenvalue weighted by atomic mass is 10.2. The molecule has 20 heavy (non-hydrogen) atoms. The quantitative estimate of drug-likeness (QED) is 0.857. The first-order valence-electron chi connectivity index (χ1n) is 5.86. The van der Waals surface area contributed by atoms with Gasteiger partial charge in [-0.1, -0.05) is 17.7 Å². The Kier molecular flexibility index (Phi) is 4.62. The van der Waals surface area contributed by atoms with E-state index in [-0.39, 0.29) is 4.90 Å². The number of hydrogen-bond donors (Lipinski definition) is 1. The summed E-state index contributed by atoms with van der Waals surface area (Å²) in [5, 5.41) is 0.436. The molecule has 3 nitrogen and oxygen atoms in total. The number of anilines is 1. The molecule has 0 aliphatic heterocycles. The lowest BCUT2D eigenvalue weighted by molar-refractivity contribution is 0.600. The Balaban J connectivity index is 2.33. The number of benzene rings is 2. The van der Waals surface area contributed by atoms with Gasteiger partial charge in [-0.15, -0.1) is 11.8 Å². The van der Waals surface area contributed by atoms with Gasteiger partial charge in [0, 0.05) is 15.6 Å². The van der Waals surface area contributed by atoms with E-state index in [0.29, 0.717) is 16.3 Å². The van der Waals surface area contributed by atoms with Crippen LogP contribution in [0.3, 0.4) is 0 Å². The molecule has 0 spiro atoms. The molecule has 2 aromatic rings. The van der Waals surface area contributed by atoms with Crippen molar-refractivity contribution in [2.24, 2.45) is 0 Å². The Hall–Kier alpha value is -1.17. The number of hydrogen-bond acceptors (Lipinski definition) is 3. The highest BCUT2D eigenvalue weighted by atomic mass is 35.5. The SMILES string of the molecule is CSc1ccc(NS(=O)(=O)c2cccc(Cl)c2C)cc1. The standard InChI is InChI=1S/C14H14ClNO2S2/c1-10-13(15)4-3-5-14(10)20(17,18)16-11-6-8-12(19-2)9-7-11/h3-9,16H,1-2H3. The molecule has 0 amide bonds. The second kappa shape index (κ2) is 6.08. The van der Waals surface area contributed by atoms with Crippen LogP contribution in [0.5, 0.6) is 0 Å². The molecule has 0 aliphatic carbocycles. The minimum atomic E-state index is -3.63. The van der Waals surface area contributed by atoms with E-state index >= 15 is 0 Å². The van der Waals surface area contributed by atoms with Crippen LogP contribution >= 0.6 is 23.4 Å². The Morgan fingerprint density at radius 2 is 1.75 bits per heavy atom. The van der Waals surface area contributed by atoms with Crippen LogP contribution in [0.2, 0.25) is 5.02 Å². The summed E-state index contributed by atoms with van der Waals surface area (Å²) in [7, 11) is -3.63. The third-order valence-corrected chi connectivity index (χ3v) is 5.53. The molecule has 0 aromatic heterocycles. The van der Waals surface area contributed by atoms with Gasteiger partial charge in [0.05, 0.1) is 4.90 Å². The van der Waals surface area contributed by atoms with Crippen molar-refractivity contribution >= 4 is 39.1 Å². The van der Waals surface area contributed by atoms with Gasteiger partial charge in [-0.05, 0) is 55.1 Å². The summed E-state index contributed by atoms with van der Waals surface area (Å²) in [5.41, 5.74) is 1.07. The molecule has 106 valence electrons. The Morgan fingerprint density at radius 3 is 2.35 bits per heavy atom. The number of nitrogens with one attached hydrogen (secondary N) is 1. The predicted octanol–water partition coefficient (Wildman–Crippen LogP) is 4.17. The summed E-state index contributed by atoms with van der Waals surface area (Å²) in [6.07, 6.45) is 1.97. The fraction of sp³-hybridized carbons (Fsp3) is 0.143. The van der Waals surface area contributed by atoms with Crippen LogP contribution in [-0.4, -0.2) is 14.7 Å². The highest BCUT2D eigenvalue weighted by Crippen LogP contribution is 2.25. The van der Waals surface area contributed by atoms with Crippen molar-refractivity contribution in [1.29, 1.82) is 0 Å². The zero-order valence-electron chi connectivity index (χ0n) is 11.1. The van der Waals surface area contributed by atoms with E-state index < -0.39 is 10.0 Å². The molecule has 1 N–H and O–H groups in total. The lowest BCUT2D eigenvalue weighted by Crippen LogP contribution is -2.14. The number of sulfonamides is 1. The third kappa shape index (κ3) is 3.29. The molecule has 0 heterocycles. The van der Waals surface area contributed by atoms with E-state index in [1.54, 1.807) is 49.0 Å². The van der Waals surface area contributed by atoms with Crippen LogP contribution in [0.15, 0.2) is 52.3 Å². The number of halogens is 1. The minimum absolute atomic E-state index is 0.193. The highest BCUT2D eigenvalue weighted by molar-refractivity contribution is 7.98. The average molecular weight is 328 g/mol. The summed E-state index contributed by atoms with van der Waals surface area (Å²) in [6, 6.07) is 12.1. The maximum absolute atomic E-state index is 12.4. The zero-order valence-corrected chi connectivity index (χ0v) is 13.4. The summed E-state index contributed by atoms with van der Waals surface area (Å²) in [4.78, 5) is 1.27. The van der Waals surface area contributed by atoms with E-state index in [2.05, 4.69) is 4.72 Å². The summed E-state index contributed by atoms with van der Waals surface area (Å²) < 4.78 is 27.3. The van der Waals surface area contributed by atoms with Gasteiger partial charge in [-0.25, -0.2) is 8.42 Å². The first-order chi connectivity index (χ1) is 9.44. The molecular formula is C14H14ClNO2S2. The molecule has 6 heteroatoms. The largest absolute Gasteiger partial charge is 0.280 e. The number of thioether (sulfide) groups is 1. The second-order valence-electron chi connectivity index (χ2n) is 4.20. The van der Waals surface area contributed by atoms with Gasteiger partial charge in [-0.2, -0.15) is 0 Å². The molecule has 0 aliphatic rings. The first kappa shape index (κ1) is 15.2. The molecule has 0 saturated heterocycles. The minimum Gasteiger partial charge on any atom is -0.280 e. The molecule has 0 radical (unpaired) electrons. The maximum Gasteiger partial charge on any atom is 0.262 e. The molecule has 2 rings (SSSR count). The number of rotatable bonds is 4. The van der Waals surface area contributed by atoms with E-state index in [0.717, 1.165) is 4.90 Å². The molecule has 0 atom stereocenters. The van der Waals surface area contributed by atoms with Crippen molar-refractivity contribution < 1.29 is 8.42 Å². The molecule has 0 saturated carbocycles. The van der Waals surface area contributed by atoms with E-state index in [9.17, 15) is 8.42 Å². The summed E-state index contributed by atoms with van der Waals surface area (Å²) in [5.74, 6) is 0. The van der Waals surface area contributed by atoms with Crippen molar-refractivity contribution in [2.75, 3.05) is 11.0 Å². The van der Waals surface area contributed by atoms with Crippen molar-refractivity contribution in [3.05, 3.63) is 53.1 Å². The Morgan fingerprint density at radius 1 is 1.10 bits per heavy atom. The average Bonchev–Trinajstić information content (AvgIpc) is 2.42. The zero-order chi connectivity index (χ0) is 14.8. The van der Waals surface area contributed by atoms with E-state index in [4.69, 9.17) is 11.6 Å². The van der Waals surface area contributed by atoms with Gasteiger partial charge in [0.1, 0.15) is 0 Å². The van der Waals surface area contributed by atoms with Crippen LogP contribution in [0, 0.1) is 6.92 Å². The lowest BCUT2D eigenvalue weighted by Gasteiger charge is -2.11. The van der Waals surface area contributed by atoms with Gasteiger partial charge >= 0.3 is 0 Å². The van der Waals surface area contributed by atoms with Crippen molar-refractivity contribution in [1.82, 2.24) is 0 Å². The predicted molar refractivity (Wildman–Crippen MR) is 85.2 cm³/mol.